The highest BCUT2D eigenvalue weighted by molar-refractivity contribution is 5.96. The molecule has 9 rings (SSSR count). The van der Waals surface area contributed by atoms with Crippen LogP contribution >= 0.6 is 0 Å². The van der Waals surface area contributed by atoms with Crippen LogP contribution in [0.1, 0.15) is 49.0 Å². The van der Waals surface area contributed by atoms with Crippen LogP contribution in [0, 0.1) is 18.8 Å². The van der Waals surface area contributed by atoms with Gasteiger partial charge in [0.25, 0.3) is 0 Å². The number of aryl methyl sites for hydroxylation is 1. The molecule has 61 heavy (non-hydrogen) atoms. The van der Waals surface area contributed by atoms with Crippen LogP contribution in [-0.4, -0.2) is 110 Å². The summed E-state index contributed by atoms with van der Waals surface area (Å²) in [4.78, 5) is 44.7. The highest BCUT2D eigenvalue weighted by Gasteiger charge is 2.53. The SMILES string of the molecule is Cc1cc(=O)c2cc3c(c(N4C=C5N=CC=C5C4)c2o1)O[C@@]1(CCC[C@@H]([C@@H]2CNC(=O)C2)C1)[C@H](OOC[C@@](O)(Cc1ccc(O)c2ccc(O)cc12)[C@@H](O)[C@H](O)[C@H](O)CO)C3. The van der Waals surface area contributed by atoms with E-state index in [9.17, 15) is 45.3 Å². The number of nitrogens with zero attached hydrogens (tertiary/aromatic N) is 2. The average molecular weight is 840 g/mol. The van der Waals surface area contributed by atoms with Gasteiger partial charge >= 0.3 is 0 Å². The Morgan fingerprint density at radius 1 is 1.05 bits per heavy atom. The standard InChI is InChI=1S/C45H49N3O13/c1-23-11-35(52)32-12-27-13-37(61-58-22-44(57,43(56)40(55)36(53)21-49)16-25-4-7-34(51)30-6-5-29(50)15-31(25)30)45(9-2-3-24(17-45)28-14-38(54)47-18-28)60-41(27)39(42(32)59-23)48-19-26-8-10-46-33(26)20-48/h4-8,10-12,15,20,24,28,36-37,40,43,49-51,53,55-57H,2-3,9,13-14,16-19,21-22H2,1H3,(H,47,54)/t24-,28+,36-,37-,40-,43+,44+,45-/m1/s1. The Balaban J connectivity index is 1.09. The lowest BCUT2D eigenvalue weighted by atomic mass is 9.68. The number of nitrogens with one attached hydrogen (secondary N) is 1. The molecule has 1 saturated carbocycles. The summed E-state index contributed by atoms with van der Waals surface area (Å²) < 4.78 is 13.6. The van der Waals surface area contributed by atoms with Crippen molar-refractivity contribution in [3.8, 4) is 17.2 Å². The fourth-order valence-corrected chi connectivity index (χ4v) is 9.90. The molecule has 5 aliphatic rings. The highest BCUT2D eigenvalue weighted by Crippen LogP contribution is 2.53. The molecule has 16 nitrogen and oxygen atoms in total. The molecule has 4 aromatic rings. The topological polar surface area (TPSA) is 244 Å². The zero-order valence-electron chi connectivity index (χ0n) is 33.5. The second-order valence-electron chi connectivity index (χ2n) is 17.2. The van der Waals surface area contributed by atoms with Crippen molar-refractivity contribution in [1.82, 2.24) is 5.32 Å². The smallest absolute Gasteiger partial charge is 0.220 e. The molecule has 0 bridgehead atoms. The van der Waals surface area contributed by atoms with Gasteiger partial charge in [-0.25, -0.2) is 9.78 Å². The van der Waals surface area contributed by atoms with E-state index in [1.54, 1.807) is 19.2 Å². The van der Waals surface area contributed by atoms with E-state index in [0.717, 1.165) is 24.1 Å². The molecule has 1 saturated heterocycles. The summed E-state index contributed by atoms with van der Waals surface area (Å²) in [5, 5.41) is 79.5. The molecular formula is C45H49N3O13. The van der Waals surface area contributed by atoms with E-state index >= 15 is 0 Å². The van der Waals surface area contributed by atoms with Crippen molar-refractivity contribution in [3.05, 3.63) is 93.1 Å². The third-order valence-electron chi connectivity index (χ3n) is 13.1. The Bertz CT molecular complexity index is 2550. The second-order valence-corrected chi connectivity index (χ2v) is 17.2. The van der Waals surface area contributed by atoms with Gasteiger partial charge in [-0.1, -0.05) is 6.07 Å². The van der Waals surface area contributed by atoms with Crippen molar-refractivity contribution >= 4 is 39.6 Å². The van der Waals surface area contributed by atoms with Crippen LogP contribution in [-0.2, 0) is 27.4 Å². The first kappa shape index (κ1) is 41.0. The molecule has 0 radical (unpaired) electrons. The van der Waals surface area contributed by atoms with Gasteiger partial charge in [-0.3, -0.25) is 14.6 Å². The molecule has 4 aliphatic heterocycles. The van der Waals surface area contributed by atoms with E-state index < -0.39 is 55.3 Å². The Kier molecular flexibility index (Phi) is 10.7. The Morgan fingerprint density at radius 3 is 2.66 bits per heavy atom. The maximum atomic E-state index is 13.6. The number of carbonyl (C=O) groups is 1. The number of aliphatic hydroxyl groups excluding tert-OH is 4. The van der Waals surface area contributed by atoms with Crippen LogP contribution in [0.3, 0.4) is 0 Å². The number of carbonyl (C=O) groups excluding carboxylic acids is 1. The minimum absolute atomic E-state index is 0.0117. The number of anilines is 1. The number of hydrogen-bond donors (Lipinski definition) is 8. The summed E-state index contributed by atoms with van der Waals surface area (Å²) in [6, 6.07) is 10.3. The lowest BCUT2D eigenvalue weighted by Gasteiger charge is -2.49. The first-order chi connectivity index (χ1) is 29.3. The van der Waals surface area contributed by atoms with E-state index in [1.807, 2.05) is 17.2 Å². The molecule has 5 heterocycles. The molecular weight excluding hydrogens is 791 g/mol. The average Bonchev–Trinajstić information content (AvgIpc) is 3.98. The predicted molar refractivity (Wildman–Crippen MR) is 221 cm³/mol. The molecule has 322 valence electrons. The summed E-state index contributed by atoms with van der Waals surface area (Å²) in [5.74, 6) is 0.835. The van der Waals surface area contributed by atoms with Crippen LogP contribution in [0.5, 0.6) is 17.2 Å². The van der Waals surface area contributed by atoms with Crippen molar-refractivity contribution in [2.24, 2.45) is 16.8 Å². The Hall–Kier alpha value is -5.33. The van der Waals surface area contributed by atoms with Gasteiger partial charge in [-0.2, -0.15) is 0 Å². The summed E-state index contributed by atoms with van der Waals surface area (Å²) in [6.07, 6.45) is 1.47. The van der Waals surface area contributed by atoms with Crippen LogP contribution in [0.15, 0.2) is 80.2 Å². The van der Waals surface area contributed by atoms with Crippen LogP contribution < -0.4 is 20.4 Å². The van der Waals surface area contributed by atoms with E-state index in [4.69, 9.17) is 18.9 Å². The third-order valence-corrected chi connectivity index (χ3v) is 13.1. The fraction of sp³-hybridized carbons (Fsp3) is 0.444. The molecule has 0 unspecified atom stereocenters. The van der Waals surface area contributed by atoms with E-state index in [2.05, 4.69) is 10.3 Å². The number of aliphatic hydroxyl groups is 5. The number of rotatable bonds is 12. The first-order valence-electron chi connectivity index (χ1n) is 20.6. The van der Waals surface area contributed by atoms with Crippen molar-refractivity contribution < 1.29 is 59.5 Å². The minimum Gasteiger partial charge on any atom is -0.508 e. The Morgan fingerprint density at radius 2 is 1.89 bits per heavy atom. The minimum atomic E-state index is -2.39. The molecule has 1 aromatic heterocycles. The summed E-state index contributed by atoms with van der Waals surface area (Å²) in [5.41, 5.74) is 0.0280. The van der Waals surface area contributed by atoms with Crippen molar-refractivity contribution in [3.63, 3.8) is 0 Å². The number of hydrogen-bond acceptors (Lipinski definition) is 15. The van der Waals surface area contributed by atoms with Gasteiger partial charge < -0.3 is 55.1 Å². The molecule has 1 amide bonds. The zero-order valence-corrected chi connectivity index (χ0v) is 33.5. The van der Waals surface area contributed by atoms with Crippen molar-refractivity contribution in [2.45, 2.75) is 87.5 Å². The normalized spacial score (nSPS) is 25.8. The van der Waals surface area contributed by atoms with Crippen LogP contribution in [0.2, 0.25) is 0 Å². The second kappa shape index (κ2) is 15.9. The van der Waals surface area contributed by atoms with Gasteiger partial charge in [0.15, 0.2) is 16.8 Å². The van der Waals surface area contributed by atoms with Gasteiger partial charge in [0, 0.05) is 60.8 Å². The van der Waals surface area contributed by atoms with Crippen LogP contribution in [0.25, 0.3) is 21.7 Å². The van der Waals surface area contributed by atoms with E-state index in [1.165, 1.54) is 36.4 Å². The maximum absolute atomic E-state index is 13.6. The Labute approximate surface area is 349 Å². The molecule has 8 atom stereocenters. The predicted octanol–water partition coefficient (Wildman–Crippen LogP) is 2.70. The van der Waals surface area contributed by atoms with Gasteiger partial charge in [-0.05, 0) is 91.8 Å². The molecule has 2 fully saturated rings. The summed E-state index contributed by atoms with van der Waals surface area (Å²) in [7, 11) is 0. The maximum Gasteiger partial charge on any atom is 0.220 e. The summed E-state index contributed by atoms with van der Waals surface area (Å²) in [6.45, 7) is 1.03. The lowest BCUT2D eigenvalue weighted by molar-refractivity contribution is -0.374. The number of amides is 1. The molecule has 3 aromatic carbocycles. The van der Waals surface area contributed by atoms with Gasteiger partial charge in [0.2, 0.25) is 5.91 Å². The van der Waals surface area contributed by atoms with E-state index in [0.29, 0.717) is 82.4 Å². The van der Waals surface area contributed by atoms with Crippen molar-refractivity contribution in [2.75, 3.05) is 31.2 Å². The third kappa shape index (κ3) is 7.45. The number of aromatic hydroxyl groups is 2. The van der Waals surface area contributed by atoms with Crippen molar-refractivity contribution in [1.29, 1.82) is 0 Å². The first-order valence-corrected chi connectivity index (χ1v) is 20.6. The molecule has 16 heteroatoms. The lowest BCUT2D eigenvalue weighted by Crippen LogP contribution is -2.58. The number of benzene rings is 3. The number of aliphatic imine (C=N–C) groups is 1. The largest absolute Gasteiger partial charge is 0.508 e. The number of ether oxygens (including phenoxy) is 1. The monoisotopic (exact) mass is 839 g/mol. The summed E-state index contributed by atoms with van der Waals surface area (Å²) >= 11 is 0. The number of fused-ring (bicyclic) bond motifs is 4. The highest BCUT2D eigenvalue weighted by atomic mass is 17.2. The van der Waals surface area contributed by atoms with Crippen LogP contribution in [0.4, 0.5) is 5.69 Å². The number of phenols is 2. The number of allylic oxidation sites excluding steroid dienone is 1. The van der Waals surface area contributed by atoms with Gasteiger partial charge in [0.1, 0.15) is 65.2 Å². The van der Waals surface area contributed by atoms with Gasteiger partial charge in [0.05, 0.1) is 24.2 Å². The molecule has 1 spiro atoms. The fourth-order valence-electron chi connectivity index (χ4n) is 9.90. The number of phenolic OH excluding ortho intramolecular Hbond substituents is 2. The molecule has 8 N–H and O–H groups in total. The van der Waals surface area contributed by atoms with E-state index in [-0.39, 0.29) is 41.1 Å². The quantitative estimate of drug-likeness (QED) is 0.0756. The van der Waals surface area contributed by atoms with Gasteiger partial charge in [-0.15, -0.1) is 0 Å². The zero-order chi connectivity index (χ0) is 42.8. The molecule has 1 aliphatic carbocycles.